The molecule has 1 aromatic carbocycles. The molecule has 84 valence electrons. The topological polar surface area (TPSA) is 78.2 Å². The fourth-order valence-corrected chi connectivity index (χ4v) is 1.90. The highest BCUT2D eigenvalue weighted by atomic mass is 16.3. The lowest BCUT2D eigenvalue weighted by molar-refractivity contribution is 0.0344. The van der Waals surface area contributed by atoms with E-state index in [2.05, 4.69) is 0 Å². The van der Waals surface area contributed by atoms with E-state index in [0.717, 1.165) is 6.08 Å². The minimum absolute atomic E-state index is 0.174. The van der Waals surface area contributed by atoms with Gasteiger partial charge in [0.1, 0.15) is 0 Å². The van der Waals surface area contributed by atoms with Crippen LogP contribution in [0.5, 0.6) is 0 Å². The number of carbonyl (C=O) groups excluding carboxylic acids is 2. The molecule has 0 fully saturated rings. The summed E-state index contributed by atoms with van der Waals surface area (Å²) in [5.74, 6) is -1.19. The van der Waals surface area contributed by atoms with Crippen molar-refractivity contribution >= 4 is 11.6 Å². The summed E-state index contributed by atoms with van der Waals surface area (Å²) in [6.45, 7) is 0. The third-order valence-corrected chi connectivity index (χ3v) is 2.77. The van der Waals surface area contributed by atoms with Gasteiger partial charge in [0, 0.05) is 23.6 Å². The van der Waals surface area contributed by atoms with Gasteiger partial charge >= 0.3 is 0 Å². The first-order chi connectivity index (χ1) is 8.11. The molecule has 0 spiro atoms. The van der Waals surface area contributed by atoms with Gasteiger partial charge in [-0.2, -0.15) is 5.26 Å². The Hall–Kier alpha value is -2.25. The largest absolute Gasteiger partial charge is 0.374 e. The summed E-state index contributed by atoms with van der Waals surface area (Å²) in [6.07, 6.45) is 2.29. The zero-order chi connectivity index (χ0) is 12.5. The highest BCUT2D eigenvalue weighted by molar-refractivity contribution is 6.31. The Morgan fingerprint density at radius 3 is 2.24 bits per heavy atom. The van der Waals surface area contributed by atoms with Crippen LogP contribution < -0.4 is 0 Å². The Labute approximate surface area is 97.8 Å². The Morgan fingerprint density at radius 2 is 1.76 bits per heavy atom. The Morgan fingerprint density at radius 1 is 1.24 bits per heavy atom. The van der Waals surface area contributed by atoms with E-state index in [9.17, 15) is 14.7 Å². The molecule has 0 atom stereocenters. The van der Waals surface area contributed by atoms with E-state index >= 15 is 0 Å². The molecular weight excluding hydrogens is 218 g/mol. The molecule has 1 N–H and O–H groups in total. The molecule has 0 aromatic heterocycles. The maximum atomic E-state index is 11.9. The summed E-state index contributed by atoms with van der Waals surface area (Å²) >= 11 is 0. The predicted molar refractivity (Wildman–Crippen MR) is 59.4 cm³/mol. The second-order valence-corrected chi connectivity index (χ2v) is 3.80. The SMILES string of the molecule is N#C/C=C\CC1(O)C(=O)c2ccccc2C1=O. The number of nitriles is 1. The molecule has 0 unspecified atom stereocenters. The number of allylic oxidation sites excluding steroid dienone is 1. The maximum absolute atomic E-state index is 11.9. The Bertz CT molecular complexity index is 531. The van der Waals surface area contributed by atoms with Crippen LogP contribution in [0, 0.1) is 11.3 Å². The summed E-state index contributed by atoms with van der Waals surface area (Å²) in [5, 5.41) is 18.5. The second-order valence-electron chi connectivity index (χ2n) is 3.80. The van der Waals surface area contributed by atoms with Gasteiger partial charge in [0.2, 0.25) is 11.6 Å². The van der Waals surface area contributed by atoms with Crippen LogP contribution in [0.15, 0.2) is 36.4 Å². The molecule has 0 heterocycles. The van der Waals surface area contributed by atoms with Gasteiger partial charge < -0.3 is 5.11 Å². The smallest absolute Gasteiger partial charge is 0.203 e. The second kappa shape index (κ2) is 3.96. The van der Waals surface area contributed by atoms with E-state index in [0.29, 0.717) is 0 Å². The molecule has 0 bridgehead atoms. The van der Waals surface area contributed by atoms with Gasteiger partial charge in [-0.15, -0.1) is 0 Å². The molecule has 1 aliphatic carbocycles. The number of nitrogens with zero attached hydrogens (tertiary/aromatic N) is 1. The molecule has 1 aliphatic rings. The van der Waals surface area contributed by atoms with Gasteiger partial charge in [-0.3, -0.25) is 9.59 Å². The number of hydrogen-bond donors (Lipinski definition) is 1. The monoisotopic (exact) mass is 227 g/mol. The first-order valence-electron chi connectivity index (χ1n) is 5.07. The normalized spacial score (nSPS) is 17.2. The van der Waals surface area contributed by atoms with Crippen LogP contribution in [0.4, 0.5) is 0 Å². The Kier molecular flexibility index (Phi) is 2.62. The predicted octanol–water partition coefficient (Wildman–Crippen LogP) is 1.27. The van der Waals surface area contributed by atoms with Gasteiger partial charge in [-0.1, -0.05) is 30.3 Å². The van der Waals surface area contributed by atoms with Gasteiger partial charge in [0.25, 0.3) is 0 Å². The van der Waals surface area contributed by atoms with Crippen molar-refractivity contribution in [1.82, 2.24) is 0 Å². The third-order valence-electron chi connectivity index (χ3n) is 2.77. The van der Waals surface area contributed by atoms with Crippen molar-refractivity contribution in [1.29, 1.82) is 5.26 Å². The molecule has 0 saturated carbocycles. The van der Waals surface area contributed by atoms with Gasteiger partial charge in [0.15, 0.2) is 5.60 Å². The van der Waals surface area contributed by atoms with Crippen molar-refractivity contribution in [3.63, 3.8) is 0 Å². The summed E-state index contributed by atoms with van der Waals surface area (Å²) in [7, 11) is 0. The highest BCUT2D eigenvalue weighted by Crippen LogP contribution is 2.32. The van der Waals surface area contributed by atoms with Crippen LogP contribution in [0.2, 0.25) is 0 Å². The number of benzene rings is 1. The van der Waals surface area contributed by atoms with Crippen molar-refractivity contribution in [3.8, 4) is 6.07 Å². The standard InChI is InChI=1S/C13H9NO3/c14-8-4-3-7-13(17)11(15)9-5-1-2-6-10(9)12(13)16/h1-6,17H,7H2/b4-3-. The van der Waals surface area contributed by atoms with Gasteiger partial charge in [-0.05, 0) is 0 Å². The number of rotatable bonds is 2. The van der Waals surface area contributed by atoms with Crippen LogP contribution in [0.25, 0.3) is 0 Å². The van der Waals surface area contributed by atoms with Crippen molar-refractivity contribution in [2.24, 2.45) is 0 Å². The van der Waals surface area contributed by atoms with Crippen LogP contribution in [0.3, 0.4) is 0 Å². The number of ketones is 2. The lowest BCUT2D eigenvalue weighted by Gasteiger charge is -2.15. The Balaban J connectivity index is 2.42. The summed E-state index contributed by atoms with van der Waals surface area (Å²) in [5.41, 5.74) is -1.56. The van der Waals surface area contributed by atoms with Gasteiger partial charge in [-0.25, -0.2) is 0 Å². The average molecular weight is 227 g/mol. The lowest BCUT2D eigenvalue weighted by atomic mass is 9.93. The zero-order valence-electron chi connectivity index (χ0n) is 8.88. The van der Waals surface area contributed by atoms with Crippen molar-refractivity contribution in [2.75, 3.05) is 0 Å². The highest BCUT2D eigenvalue weighted by Gasteiger charge is 2.50. The first-order valence-corrected chi connectivity index (χ1v) is 5.07. The van der Waals surface area contributed by atoms with Crippen LogP contribution in [-0.2, 0) is 0 Å². The molecule has 4 nitrogen and oxygen atoms in total. The molecule has 0 radical (unpaired) electrons. The quantitative estimate of drug-likeness (QED) is 0.609. The van der Waals surface area contributed by atoms with E-state index in [1.807, 2.05) is 0 Å². The van der Waals surface area contributed by atoms with E-state index < -0.39 is 17.2 Å². The van der Waals surface area contributed by atoms with E-state index in [1.165, 1.54) is 18.2 Å². The van der Waals surface area contributed by atoms with Crippen LogP contribution in [0.1, 0.15) is 27.1 Å². The molecule has 0 aliphatic heterocycles. The molecular formula is C13H9NO3. The van der Waals surface area contributed by atoms with Crippen LogP contribution >= 0.6 is 0 Å². The number of Topliss-reactive ketones (excluding diaryl/α,β-unsaturated/α-hetero) is 2. The van der Waals surface area contributed by atoms with E-state index in [1.54, 1.807) is 18.2 Å². The molecule has 2 rings (SSSR count). The maximum Gasteiger partial charge on any atom is 0.203 e. The first kappa shape index (κ1) is 11.2. The number of fused-ring (bicyclic) bond motifs is 1. The summed E-state index contributed by atoms with van der Waals surface area (Å²) in [4.78, 5) is 23.9. The minimum atomic E-state index is -2.04. The van der Waals surface area contributed by atoms with Crippen molar-refractivity contribution < 1.29 is 14.7 Å². The third kappa shape index (κ3) is 1.57. The number of hydrogen-bond acceptors (Lipinski definition) is 4. The summed E-state index contributed by atoms with van der Waals surface area (Å²) < 4.78 is 0. The fraction of sp³-hybridized carbons (Fsp3) is 0.154. The van der Waals surface area contributed by atoms with E-state index in [4.69, 9.17) is 5.26 Å². The average Bonchev–Trinajstić information content (AvgIpc) is 2.54. The fourth-order valence-electron chi connectivity index (χ4n) is 1.90. The minimum Gasteiger partial charge on any atom is -0.374 e. The molecule has 0 saturated heterocycles. The molecule has 17 heavy (non-hydrogen) atoms. The summed E-state index contributed by atoms with van der Waals surface area (Å²) in [6, 6.07) is 8.06. The zero-order valence-corrected chi connectivity index (χ0v) is 8.88. The molecule has 4 heteroatoms. The van der Waals surface area contributed by atoms with Crippen LogP contribution in [-0.4, -0.2) is 22.3 Å². The lowest BCUT2D eigenvalue weighted by Crippen LogP contribution is -2.40. The number of aliphatic hydroxyl groups is 1. The van der Waals surface area contributed by atoms with Crippen molar-refractivity contribution in [3.05, 3.63) is 47.5 Å². The number of carbonyl (C=O) groups is 2. The molecule has 0 amide bonds. The van der Waals surface area contributed by atoms with Gasteiger partial charge in [0.05, 0.1) is 6.07 Å². The molecule has 1 aromatic rings. The van der Waals surface area contributed by atoms with E-state index in [-0.39, 0.29) is 17.5 Å². The van der Waals surface area contributed by atoms with Crippen molar-refractivity contribution in [2.45, 2.75) is 12.0 Å².